The van der Waals surface area contributed by atoms with Gasteiger partial charge in [0.2, 0.25) is 33.9 Å². The molecular formula is C50H80N14O38P6S2. The summed E-state index contributed by atoms with van der Waals surface area (Å²) < 4.78 is 124. The average molecular weight is 1740 g/mol. The number of nitrogens with one attached hydrogen (secondary N) is 4. The Kier molecular flexibility index (Phi) is 34.3. The van der Waals surface area contributed by atoms with Gasteiger partial charge in [-0.15, -0.1) is 0 Å². The summed E-state index contributed by atoms with van der Waals surface area (Å²) in [5.41, 5.74) is 8.38. The number of carbonyl (C=O) groups is 8. The van der Waals surface area contributed by atoms with Crippen LogP contribution in [0.4, 0.5) is 11.6 Å². The Morgan fingerprint density at radius 3 is 1.17 bits per heavy atom. The van der Waals surface area contributed by atoms with Gasteiger partial charge in [0.15, 0.2) is 35.4 Å². The lowest BCUT2D eigenvalue weighted by Crippen LogP contribution is -2.46. The highest BCUT2D eigenvalue weighted by atomic mass is 32.2. The molecule has 620 valence electrons. The smallest absolute Gasteiger partial charge is 0.481 e. The number of anilines is 2. The third kappa shape index (κ3) is 28.9. The molecule has 6 heterocycles. The molecule has 2 fully saturated rings. The number of nitrogen functional groups attached to an aromatic ring is 2. The molecule has 4 unspecified atom stereocenters. The van der Waals surface area contributed by atoms with E-state index in [0.717, 1.165) is 58.0 Å². The van der Waals surface area contributed by atoms with Crippen molar-refractivity contribution in [1.29, 1.82) is 0 Å². The van der Waals surface area contributed by atoms with Gasteiger partial charge in [-0.1, -0.05) is 51.2 Å². The minimum Gasteiger partial charge on any atom is -0.481 e. The van der Waals surface area contributed by atoms with Crippen molar-refractivity contribution in [3.63, 3.8) is 0 Å². The van der Waals surface area contributed by atoms with E-state index in [1.807, 2.05) is 0 Å². The number of aliphatic carboxylic acids is 2. The van der Waals surface area contributed by atoms with Crippen molar-refractivity contribution in [3.05, 3.63) is 25.3 Å². The predicted molar refractivity (Wildman–Crippen MR) is 368 cm³/mol. The Bertz CT molecular complexity index is 3990. The number of imidazole rings is 2. The van der Waals surface area contributed by atoms with Crippen LogP contribution in [0.1, 0.15) is 66.8 Å². The largest absolute Gasteiger partial charge is 0.481 e. The summed E-state index contributed by atoms with van der Waals surface area (Å²) in [5.74, 6) is -8.03. The fourth-order valence-electron chi connectivity index (χ4n) is 9.02. The summed E-state index contributed by atoms with van der Waals surface area (Å²) in [6, 6.07) is 0. The number of aromatic nitrogens is 8. The summed E-state index contributed by atoms with van der Waals surface area (Å²) in [6.45, 7) is 2.70. The van der Waals surface area contributed by atoms with E-state index in [2.05, 4.69) is 68.8 Å². The normalized spacial score (nSPS) is 22.3. The molecule has 0 spiro atoms. The van der Waals surface area contributed by atoms with Gasteiger partial charge in [0.05, 0.1) is 39.1 Å². The number of carboxylic acids is 2. The van der Waals surface area contributed by atoms with E-state index in [1.165, 1.54) is 41.5 Å². The number of rotatable bonds is 42. The first kappa shape index (κ1) is 94.7. The molecule has 2 saturated heterocycles. The molecule has 2 aliphatic heterocycles. The minimum atomic E-state index is -5.59. The summed E-state index contributed by atoms with van der Waals surface area (Å²) >= 11 is 1.45. The quantitative estimate of drug-likeness (QED) is 0.0118. The third-order valence-corrected chi connectivity index (χ3v) is 23.2. The average Bonchev–Trinajstić information content (AvgIpc) is 1.63. The topological polar surface area (TPSA) is 802 Å². The second-order valence-electron chi connectivity index (χ2n) is 24.6. The van der Waals surface area contributed by atoms with Gasteiger partial charge in [0.25, 0.3) is 0 Å². The maximum Gasteiger partial charge on any atom is 0.481 e. The lowest BCUT2D eigenvalue weighted by Gasteiger charge is -2.30. The van der Waals surface area contributed by atoms with Crippen LogP contribution in [0.15, 0.2) is 25.3 Å². The summed E-state index contributed by atoms with van der Waals surface area (Å²) in [5, 5.41) is 68.7. The monoisotopic (exact) mass is 1730 g/mol. The van der Waals surface area contributed by atoms with Crippen LogP contribution < -0.4 is 32.7 Å². The summed E-state index contributed by atoms with van der Waals surface area (Å²) in [7, 11) is -32.9. The molecule has 6 rings (SSSR count). The molecule has 0 aromatic carbocycles. The van der Waals surface area contributed by atoms with Crippen molar-refractivity contribution in [2.45, 2.75) is 116 Å². The van der Waals surface area contributed by atoms with Gasteiger partial charge in [-0.2, -0.15) is 8.62 Å². The molecule has 4 aromatic heterocycles. The van der Waals surface area contributed by atoms with E-state index in [4.69, 9.17) is 49.2 Å². The summed E-state index contributed by atoms with van der Waals surface area (Å²) in [6.07, 6.45) is -14.3. The Hall–Kier alpha value is -5.94. The van der Waals surface area contributed by atoms with E-state index in [-0.39, 0.29) is 84.5 Å². The number of nitrogens with two attached hydrogens (primary N) is 2. The number of phosphoric acid groups is 6. The second kappa shape index (κ2) is 39.9. The zero-order valence-corrected chi connectivity index (χ0v) is 65.0. The van der Waals surface area contributed by atoms with Crippen molar-refractivity contribution in [2.24, 2.45) is 22.7 Å². The van der Waals surface area contributed by atoms with Crippen molar-refractivity contribution >= 4 is 150 Å². The molecular weight excluding hydrogens is 1650 g/mol. The molecule has 0 saturated carbocycles. The Labute approximate surface area is 628 Å². The number of amides is 4. The van der Waals surface area contributed by atoms with Gasteiger partial charge in [-0.3, -0.25) is 74.6 Å². The first-order valence-electron chi connectivity index (χ1n) is 31.2. The van der Waals surface area contributed by atoms with Crippen molar-refractivity contribution in [2.75, 3.05) is 75.6 Å². The number of aliphatic hydroxyl groups is 4. The Balaban J connectivity index is 0.000000394. The SMILES string of the molecule is C[C@@H](C(=O)O)C(=O)SCCNC(=O)CCNC(=O)[C@H](O)C(C)(C)COP(=O)(O)OP(=O)(O)OC[C@H]1O[C@@H](n2cnc3c(N)ncnc32)[C@H](O)[C@@H]1OP(=O)(O)O.C[C@@H](C(=O)O)C(=O)SCCNC(=O)CCNC(=O)[C@H](O)C(C)(C)COP(=O)(O)OP(=O)(O)OC[C@H]1O[C@@H](n2cnc3c(N)ncnc32)[C@H](O)[C@@H]1OP(=O)(O)O. The van der Waals surface area contributed by atoms with Crippen LogP contribution in [0.2, 0.25) is 0 Å². The van der Waals surface area contributed by atoms with Crippen molar-refractivity contribution in [3.8, 4) is 0 Å². The van der Waals surface area contributed by atoms with E-state index < -0.39 is 203 Å². The number of ether oxygens (including phenoxy) is 2. The van der Waals surface area contributed by atoms with Gasteiger partial charge in [0, 0.05) is 61.4 Å². The zero-order valence-electron chi connectivity index (χ0n) is 58.0. The maximum atomic E-state index is 12.6. The molecule has 52 nitrogen and oxygen atoms in total. The molecule has 16 atom stereocenters. The van der Waals surface area contributed by atoms with Gasteiger partial charge in [-0.25, -0.2) is 57.3 Å². The highest BCUT2D eigenvalue weighted by Gasteiger charge is 2.53. The van der Waals surface area contributed by atoms with Crippen LogP contribution in [0.5, 0.6) is 0 Å². The highest BCUT2D eigenvalue weighted by Crippen LogP contribution is 2.63. The molecule has 4 amide bonds. The van der Waals surface area contributed by atoms with Gasteiger partial charge >= 0.3 is 58.9 Å². The molecule has 60 heteroatoms. The molecule has 0 aliphatic carbocycles. The van der Waals surface area contributed by atoms with Crippen LogP contribution >= 0.6 is 70.5 Å². The standard InChI is InChI=1S/2C25H40N7O19P3S/c2*1-12(23(37)38)24(39)55-7-6-27-14(33)4-5-28-21(36)18(35)25(2,3)9-48-54(45,46)51-53(43,44)47-8-13-17(50-52(40,41)42)16(34)22(49-13)32-11-31-15-19(26)29-10-30-20(15)32/h2*10-13,16-18,22,34-35H,4-9H2,1-3H3,(H,27,33)(H,28,36)(H,37,38)(H,43,44)(H,45,46)(H2,26,29,30)(H2,40,41,42)/t2*12-,13+,16+,17+,18-,22+/m00/s1. The van der Waals surface area contributed by atoms with Crippen LogP contribution in [0.25, 0.3) is 22.3 Å². The van der Waals surface area contributed by atoms with Crippen LogP contribution in [-0.4, -0.2) is 268 Å². The number of fused-ring (bicyclic) bond motifs is 2. The Morgan fingerprint density at radius 1 is 0.527 bits per heavy atom. The van der Waals surface area contributed by atoms with Crippen LogP contribution in [0, 0.1) is 22.7 Å². The number of thioether (sulfide) groups is 2. The maximum absolute atomic E-state index is 12.6. The predicted octanol–water partition coefficient (Wildman–Crippen LogP) is -3.23. The third-order valence-electron chi connectivity index (χ3n) is 14.9. The molecule has 4 aromatic rings. The lowest BCUT2D eigenvalue weighted by molar-refractivity contribution is -0.144. The highest BCUT2D eigenvalue weighted by molar-refractivity contribution is 8.14. The fourth-order valence-corrected chi connectivity index (χ4v) is 16.2. The van der Waals surface area contributed by atoms with Gasteiger partial charge in [0.1, 0.15) is 84.4 Å². The van der Waals surface area contributed by atoms with Crippen LogP contribution in [0.3, 0.4) is 0 Å². The number of hydrogen-bond donors (Lipinski definition) is 20. The second-order valence-corrected chi connectivity index (χ2v) is 35.3. The van der Waals surface area contributed by atoms with Gasteiger partial charge in [-0.05, 0) is 13.8 Å². The van der Waals surface area contributed by atoms with E-state index in [1.54, 1.807) is 0 Å². The molecule has 2 aliphatic rings. The van der Waals surface area contributed by atoms with Crippen LogP contribution in [-0.2, 0) is 111 Å². The van der Waals surface area contributed by atoms with E-state index in [0.29, 0.717) is 0 Å². The number of carbonyl (C=O) groups excluding carboxylic acids is 6. The molecule has 110 heavy (non-hydrogen) atoms. The molecule has 0 bridgehead atoms. The number of aliphatic hydroxyl groups excluding tert-OH is 4. The first-order valence-corrected chi connectivity index (χ1v) is 42.3. The number of hydrogen-bond acceptors (Lipinski definition) is 38. The first-order chi connectivity index (χ1) is 50.7. The fraction of sp³-hybridized carbons (Fsp3) is 0.640. The van der Waals surface area contributed by atoms with Crippen molar-refractivity contribution in [1.82, 2.24) is 60.3 Å². The van der Waals surface area contributed by atoms with E-state index in [9.17, 15) is 125 Å². The Morgan fingerprint density at radius 2 is 0.855 bits per heavy atom. The molecule has 0 radical (unpaired) electrons. The number of carboxylic acid groups (broad SMARTS) is 2. The summed E-state index contributed by atoms with van der Waals surface area (Å²) in [4.78, 5) is 196. The lowest BCUT2D eigenvalue weighted by atomic mass is 9.87. The zero-order chi connectivity index (χ0) is 83.0. The van der Waals surface area contributed by atoms with Gasteiger partial charge < -0.3 is 112 Å². The number of nitrogens with zero attached hydrogens (tertiary/aromatic N) is 8. The van der Waals surface area contributed by atoms with E-state index >= 15 is 0 Å². The minimum absolute atomic E-state index is 0.0183. The molecule has 22 N–H and O–H groups in total. The van der Waals surface area contributed by atoms with Crippen molar-refractivity contribution < 1.29 is 181 Å². The number of phosphoric ester groups is 6.